The number of halogens is 2. The van der Waals surface area contributed by atoms with E-state index in [0.717, 1.165) is 16.2 Å². The summed E-state index contributed by atoms with van der Waals surface area (Å²) in [6, 6.07) is 9.59. The second-order valence-electron chi connectivity index (χ2n) is 5.06. The monoisotopic (exact) mass is 363 g/mol. The van der Waals surface area contributed by atoms with Crippen molar-refractivity contribution in [2.24, 2.45) is 0 Å². The van der Waals surface area contributed by atoms with Gasteiger partial charge in [0, 0.05) is 15.5 Å². The Balaban J connectivity index is 1.92. The number of rotatable bonds is 4. The lowest BCUT2D eigenvalue weighted by Gasteiger charge is -2.15. The van der Waals surface area contributed by atoms with Crippen molar-refractivity contribution in [1.29, 1.82) is 0 Å². The van der Waals surface area contributed by atoms with Gasteiger partial charge >= 0.3 is 5.97 Å². The second kappa shape index (κ2) is 6.59. The fraction of sp³-hybridized carbons (Fsp3) is 0.0588. The van der Waals surface area contributed by atoms with Crippen molar-refractivity contribution in [1.82, 2.24) is 5.32 Å². The van der Waals surface area contributed by atoms with Crippen molar-refractivity contribution in [3.8, 4) is 0 Å². The molecule has 1 unspecified atom stereocenters. The molecular formula is C17H11ClFNO3S. The van der Waals surface area contributed by atoms with Gasteiger partial charge in [0.15, 0.2) is 6.04 Å². The molecule has 0 saturated carbocycles. The van der Waals surface area contributed by atoms with Crippen molar-refractivity contribution in [3.63, 3.8) is 0 Å². The number of hydrogen-bond donors (Lipinski definition) is 2. The molecule has 0 spiro atoms. The van der Waals surface area contributed by atoms with Gasteiger partial charge in [-0.25, -0.2) is 9.18 Å². The molecule has 2 N–H and O–H groups in total. The van der Waals surface area contributed by atoms with Crippen LogP contribution < -0.4 is 5.32 Å². The van der Waals surface area contributed by atoms with Gasteiger partial charge in [0.05, 0.1) is 10.6 Å². The van der Waals surface area contributed by atoms with Crippen molar-refractivity contribution in [3.05, 3.63) is 69.8 Å². The van der Waals surface area contributed by atoms with E-state index in [9.17, 15) is 19.1 Å². The van der Waals surface area contributed by atoms with Gasteiger partial charge in [0.1, 0.15) is 5.82 Å². The van der Waals surface area contributed by atoms with Gasteiger partial charge in [-0.2, -0.15) is 0 Å². The Morgan fingerprint density at radius 1 is 1.21 bits per heavy atom. The normalized spacial score (nSPS) is 12.1. The highest BCUT2D eigenvalue weighted by Gasteiger charge is 2.24. The lowest BCUT2D eigenvalue weighted by molar-refractivity contribution is -0.139. The third-order valence-corrected chi connectivity index (χ3v) is 4.79. The van der Waals surface area contributed by atoms with E-state index in [2.05, 4.69) is 5.32 Å². The molecule has 1 amide bonds. The number of hydrogen-bond acceptors (Lipinski definition) is 3. The van der Waals surface area contributed by atoms with Crippen molar-refractivity contribution < 1.29 is 19.1 Å². The number of thiophene rings is 1. The molecule has 3 aromatic rings. The van der Waals surface area contributed by atoms with Crippen LogP contribution in [0.5, 0.6) is 0 Å². The zero-order valence-electron chi connectivity index (χ0n) is 12.1. The van der Waals surface area contributed by atoms with Gasteiger partial charge in [0.2, 0.25) is 0 Å². The van der Waals surface area contributed by atoms with Gasteiger partial charge < -0.3 is 10.4 Å². The number of fused-ring (bicyclic) bond motifs is 1. The van der Waals surface area contributed by atoms with E-state index in [4.69, 9.17) is 11.6 Å². The standard InChI is InChI=1S/C17H11ClFNO3S/c18-12-6-5-9(7-13(12)19)15(17(22)23)20-16(21)11-8-24-14-4-2-1-3-10(11)14/h1-8,15H,(H,20,21)(H,22,23). The van der Waals surface area contributed by atoms with Crippen LogP contribution in [-0.4, -0.2) is 17.0 Å². The highest BCUT2D eigenvalue weighted by Crippen LogP contribution is 2.27. The summed E-state index contributed by atoms with van der Waals surface area (Å²) in [4.78, 5) is 24.0. The number of carboxylic acids is 1. The molecule has 24 heavy (non-hydrogen) atoms. The van der Waals surface area contributed by atoms with Crippen LogP contribution in [-0.2, 0) is 4.79 Å². The molecule has 0 radical (unpaired) electrons. The number of carbonyl (C=O) groups is 2. The molecule has 0 aliphatic heterocycles. The third kappa shape index (κ3) is 3.11. The summed E-state index contributed by atoms with van der Waals surface area (Å²) < 4.78 is 14.5. The van der Waals surface area contributed by atoms with Crippen molar-refractivity contribution in [2.75, 3.05) is 0 Å². The van der Waals surface area contributed by atoms with Gasteiger partial charge in [0.25, 0.3) is 5.91 Å². The van der Waals surface area contributed by atoms with Crippen LogP contribution in [0.25, 0.3) is 10.1 Å². The first-order valence-electron chi connectivity index (χ1n) is 6.92. The van der Waals surface area contributed by atoms with E-state index < -0.39 is 23.7 Å². The average molecular weight is 364 g/mol. The van der Waals surface area contributed by atoms with Crippen LogP contribution in [0, 0.1) is 5.82 Å². The molecule has 1 aromatic heterocycles. The maximum atomic E-state index is 13.6. The summed E-state index contributed by atoms with van der Waals surface area (Å²) in [5, 5.41) is 14.1. The van der Waals surface area contributed by atoms with Crippen LogP contribution in [0.4, 0.5) is 4.39 Å². The first kappa shape index (κ1) is 16.4. The Hall–Kier alpha value is -2.44. The Labute approximate surface area is 145 Å². The predicted molar refractivity (Wildman–Crippen MR) is 91.1 cm³/mol. The number of aliphatic carboxylic acids is 1. The SMILES string of the molecule is O=C(NC(C(=O)O)c1ccc(Cl)c(F)c1)c1csc2ccccc12. The van der Waals surface area contributed by atoms with Crippen molar-refractivity contribution in [2.45, 2.75) is 6.04 Å². The summed E-state index contributed by atoms with van der Waals surface area (Å²) in [7, 11) is 0. The van der Waals surface area contributed by atoms with E-state index in [-0.39, 0.29) is 10.6 Å². The maximum absolute atomic E-state index is 13.6. The molecule has 3 rings (SSSR count). The Bertz CT molecular complexity index is 940. The minimum absolute atomic E-state index is 0.109. The molecule has 2 aromatic carbocycles. The van der Waals surface area contributed by atoms with Gasteiger partial charge in [-0.15, -0.1) is 11.3 Å². The minimum Gasteiger partial charge on any atom is -0.479 e. The van der Waals surface area contributed by atoms with E-state index in [1.54, 1.807) is 17.5 Å². The smallest absolute Gasteiger partial charge is 0.330 e. The van der Waals surface area contributed by atoms with E-state index >= 15 is 0 Å². The van der Waals surface area contributed by atoms with Gasteiger partial charge in [-0.1, -0.05) is 35.9 Å². The highest BCUT2D eigenvalue weighted by molar-refractivity contribution is 7.17. The number of carboxylic acid groups (broad SMARTS) is 1. The molecule has 0 aliphatic rings. The minimum atomic E-state index is -1.37. The third-order valence-electron chi connectivity index (χ3n) is 3.52. The molecule has 0 saturated heterocycles. The predicted octanol–water partition coefficient (Wildman–Crippen LogP) is 4.25. The van der Waals surface area contributed by atoms with E-state index in [1.807, 2.05) is 12.1 Å². The highest BCUT2D eigenvalue weighted by atomic mass is 35.5. The Morgan fingerprint density at radius 3 is 2.67 bits per heavy atom. The van der Waals surface area contributed by atoms with Crippen LogP contribution in [0.1, 0.15) is 22.0 Å². The largest absolute Gasteiger partial charge is 0.479 e. The molecular weight excluding hydrogens is 353 g/mol. The number of carbonyl (C=O) groups excluding carboxylic acids is 1. The topological polar surface area (TPSA) is 66.4 Å². The molecule has 1 atom stereocenters. The Kier molecular flexibility index (Phi) is 4.51. The molecule has 0 bridgehead atoms. The maximum Gasteiger partial charge on any atom is 0.330 e. The fourth-order valence-corrected chi connectivity index (χ4v) is 3.40. The molecule has 7 heteroatoms. The van der Waals surface area contributed by atoms with E-state index in [0.29, 0.717) is 5.56 Å². The molecule has 0 fully saturated rings. The number of benzene rings is 2. The summed E-state index contributed by atoms with van der Waals surface area (Å²) in [5.41, 5.74) is 0.494. The quantitative estimate of drug-likeness (QED) is 0.728. The fourth-order valence-electron chi connectivity index (χ4n) is 2.34. The lowest BCUT2D eigenvalue weighted by Crippen LogP contribution is -2.33. The van der Waals surface area contributed by atoms with Crippen LogP contribution in [0.3, 0.4) is 0 Å². The average Bonchev–Trinajstić information content (AvgIpc) is 2.99. The number of amides is 1. The summed E-state index contributed by atoms with van der Waals surface area (Å²) >= 11 is 7.00. The zero-order valence-corrected chi connectivity index (χ0v) is 13.7. The first-order chi connectivity index (χ1) is 11.5. The van der Waals surface area contributed by atoms with Crippen LogP contribution >= 0.6 is 22.9 Å². The first-order valence-corrected chi connectivity index (χ1v) is 8.18. The lowest BCUT2D eigenvalue weighted by atomic mass is 10.1. The molecule has 4 nitrogen and oxygen atoms in total. The summed E-state index contributed by atoms with van der Waals surface area (Å²) in [6.45, 7) is 0. The van der Waals surface area contributed by atoms with Gasteiger partial charge in [-0.05, 0) is 23.8 Å². The zero-order chi connectivity index (χ0) is 17.3. The van der Waals surface area contributed by atoms with Gasteiger partial charge in [-0.3, -0.25) is 4.79 Å². The summed E-state index contributed by atoms with van der Waals surface area (Å²) in [6.07, 6.45) is 0. The number of nitrogens with one attached hydrogen (secondary N) is 1. The van der Waals surface area contributed by atoms with Crippen LogP contribution in [0.15, 0.2) is 47.8 Å². The molecule has 0 aliphatic carbocycles. The molecule has 1 heterocycles. The van der Waals surface area contributed by atoms with Crippen molar-refractivity contribution >= 4 is 44.9 Å². The van der Waals surface area contributed by atoms with E-state index in [1.165, 1.54) is 23.5 Å². The second-order valence-corrected chi connectivity index (χ2v) is 6.38. The van der Waals surface area contributed by atoms with Crippen LogP contribution in [0.2, 0.25) is 5.02 Å². The summed E-state index contributed by atoms with van der Waals surface area (Å²) in [5.74, 6) is -2.56. The molecule has 122 valence electrons. The Morgan fingerprint density at radius 2 is 1.96 bits per heavy atom.